The number of sulfonamides is 1. The van der Waals surface area contributed by atoms with Crippen LogP contribution in [-0.2, 0) is 14.8 Å². The molecule has 1 aromatic carbocycles. The predicted molar refractivity (Wildman–Crippen MR) is 73.4 cm³/mol. The first kappa shape index (κ1) is 17.2. The quantitative estimate of drug-likeness (QED) is 0.817. The number of hydrogen-bond donors (Lipinski definition) is 1. The second kappa shape index (κ2) is 6.95. The maximum Gasteiger partial charge on any atom is 0.243 e. The molecule has 0 bridgehead atoms. The SMILES string of the molecule is CC(CNS(=O)(=O)c1ccc(F)c(F)c1F)N1CCOCC1. The van der Waals surface area contributed by atoms with Gasteiger partial charge in [0.25, 0.3) is 0 Å². The lowest BCUT2D eigenvalue weighted by Gasteiger charge is -2.32. The lowest BCUT2D eigenvalue weighted by atomic mass is 10.2. The molecule has 124 valence electrons. The number of ether oxygens (including phenoxy) is 1. The Bertz CT molecular complexity index is 634. The molecule has 1 aliphatic rings. The van der Waals surface area contributed by atoms with Crippen LogP contribution in [0.15, 0.2) is 17.0 Å². The Morgan fingerprint density at radius 3 is 2.50 bits per heavy atom. The van der Waals surface area contributed by atoms with E-state index in [1.807, 2.05) is 11.8 Å². The standard InChI is InChI=1S/C13H17F3N2O3S/c1-9(18-4-6-21-7-5-18)8-17-22(19,20)11-3-2-10(14)12(15)13(11)16/h2-3,9,17H,4-8H2,1H3. The molecule has 1 aliphatic heterocycles. The van der Waals surface area contributed by atoms with Crippen LogP contribution in [0.25, 0.3) is 0 Å². The van der Waals surface area contributed by atoms with Crippen molar-refractivity contribution in [3.63, 3.8) is 0 Å². The first-order chi connectivity index (χ1) is 10.3. The molecule has 22 heavy (non-hydrogen) atoms. The summed E-state index contributed by atoms with van der Waals surface area (Å²) in [5.41, 5.74) is 0. The van der Waals surface area contributed by atoms with Gasteiger partial charge in [-0.25, -0.2) is 26.3 Å². The maximum absolute atomic E-state index is 13.6. The monoisotopic (exact) mass is 338 g/mol. The summed E-state index contributed by atoms with van der Waals surface area (Å²) >= 11 is 0. The van der Waals surface area contributed by atoms with Crippen LogP contribution >= 0.6 is 0 Å². The third kappa shape index (κ3) is 3.78. The number of nitrogens with zero attached hydrogens (tertiary/aromatic N) is 1. The zero-order valence-electron chi connectivity index (χ0n) is 12.0. The van der Waals surface area contributed by atoms with Crippen LogP contribution in [0.2, 0.25) is 0 Å². The van der Waals surface area contributed by atoms with Gasteiger partial charge in [0.2, 0.25) is 10.0 Å². The van der Waals surface area contributed by atoms with E-state index in [9.17, 15) is 21.6 Å². The number of morpholine rings is 1. The van der Waals surface area contributed by atoms with Crippen molar-refractivity contribution >= 4 is 10.0 Å². The van der Waals surface area contributed by atoms with Gasteiger partial charge in [0.05, 0.1) is 13.2 Å². The van der Waals surface area contributed by atoms with Gasteiger partial charge in [-0.3, -0.25) is 4.90 Å². The molecule has 0 spiro atoms. The first-order valence-corrected chi connectivity index (χ1v) is 8.26. The molecule has 0 radical (unpaired) electrons. The van der Waals surface area contributed by atoms with Gasteiger partial charge in [0.1, 0.15) is 4.90 Å². The van der Waals surface area contributed by atoms with Gasteiger partial charge in [0, 0.05) is 25.7 Å². The smallest absolute Gasteiger partial charge is 0.243 e. The Morgan fingerprint density at radius 2 is 1.86 bits per heavy atom. The number of hydrogen-bond acceptors (Lipinski definition) is 4. The van der Waals surface area contributed by atoms with E-state index in [0.29, 0.717) is 38.4 Å². The van der Waals surface area contributed by atoms with E-state index in [2.05, 4.69) is 4.72 Å². The predicted octanol–water partition coefficient (Wildman–Crippen LogP) is 1.10. The summed E-state index contributed by atoms with van der Waals surface area (Å²) in [6.07, 6.45) is 0. The third-order valence-corrected chi connectivity index (χ3v) is 4.97. The van der Waals surface area contributed by atoms with Gasteiger partial charge in [-0.05, 0) is 19.1 Å². The first-order valence-electron chi connectivity index (χ1n) is 6.78. The zero-order valence-corrected chi connectivity index (χ0v) is 12.8. The molecule has 9 heteroatoms. The second-order valence-electron chi connectivity index (χ2n) is 5.02. The zero-order chi connectivity index (χ0) is 16.3. The average Bonchev–Trinajstić information content (AvgIpc) is 2.51. The molecule has 0 amide bonds. The van der Waals surface area contributed by atoms with Crippen molar-refractivity contribution in [3.05, 3.63) is 29.6 Å². The van der Waals surface area contributed by atoms with Crippen molar-refractivity contribution < 1.29 is 26.3 Å². The van der Waals surface area contributed by atoms with Gasteiger partial charge >= 0.3 is 0 Å². The fourth-order valence-electron chi connectivity index (χ4n) is 2.17. The molecule has 0 saturated carbocycles. The second-order valence-corrected chi connectivity index (χ2v) is 6.76. The number of benzene rings is 1. The fraction of sp³-hybridized carbons (Fsp3) is 0.538. The minimum absolute atomic E-state index is 0.0285. The molecule has 1 fully saturated rings. The average molecular weight is 338 g/mol. The summed E-state index contributed by atoms with van der Waals surface area (Å²) in [6, 6.07) is 1.15. The molecule has 1 saturated heterocycles. The van der Waals surface area contributed by atoms with E-state index in [1.54, 1.807) is 0 Å². The maximum atomic E-state index is 13.6. The topological polar surface area (TPSA) is 58.6 Å². The molecular formula is C13H17F3N2O3S. The number of rotatable bonds is 5. The van der Waals surface area contributed by atoms with E-state index < -0.39 is 32.4 Å². The van der Waals surface area contributed by atoms with Crippen molar-refractivity contribution in [2.75, 3.05) is 32.8 Å². The van der Waals surface area contributed by atoms with Gasteiger partial charge in [-0.2, -0.15) is 0 Å². The summed E-state index contributed by atoms with van der Waals surface area (Å²) in [7, 11) is -4.25. The van der Waals surface area contributed by atoms with Gasteiger partial charge in [-0.15, -0.1) is 0 Å². The van der Waals surface area contributed by atoms with E-state index in [4.69, 9.17) is 4.74 Å². The lowest BCUT2D eigenvalue weighted by Crippen LogP contribution is -2.47. The third-order valence-electron chi connectivity index (χ3n) is 3.53. The minimum Gasteiger partial charge on any atom is -0.379 e. The van der Waals surface area contributed by atoms with Crippen LogP contribution in [0.5, 0.6) is 0 Å². The molecule has 1 N–H and O–H groups in total. The molecule has 2 rings (SSSR count). The summed E-state index contributed by atoms with van der Waals surface area (Å²) in [5, 5.41) is 0. The highest BCUT2D eigenvalue weighted by Crippen LogP contribution is 2.19. The van der Waals surface area contributed by atoms with Gasteiger partial charge < -0.3 is 4.74 Å². The molecule has 1 aromatic rings. The van der Waals surface area contributed by atoms with Gasteiger partial charge in [-0.1, -0.05) is 0 Å². The highest BCUT2D eigenvalue weighted by Gasteiger charge is 2.25. The molecule has 0 aromatic heterocycles. The van der Waals surface area contributed by atoms with Crippen molar-refractivity contribution in [2.24, 2.45) is 0 Å². The van der Waals surface area contributed by atoms with Crippen molar-refractivity contribution in [1.82, 2.24) is 9.62 Å². The highest BCUT2D eigenvalue weighted by molar-refractivity contribution is 7.89. The van der Waals surface area contributed by atoms with Crippen molar-refractivity contribution in [1.29, 1.82) is 0 Å². The molecular weight excluding hydrogens is 321 g/mol. The number of halogens is 3. The molecule has 0 aliphatic carbocycles. The van der Waals surface area contributed by atoms with Crippen LogP contribution < -0.4 is 4.72 Å². The Morgan fingerprint density at radius 1 is 1.23 bits per heavy atom. The fourth-order valence-corrected chi connectivity index (χ4v) is 3.36. The Labute approximate surface area is 127 Å². The van der Waals surface area contributed by atoms with Crippen LogP contribution in [0.1, 0.15) is 6.92 Å². The summed E-state index contributed by atoms with van der Waals surface area (Å²) in [6.45, 7) is 4.31. The molecule has 1 unspecified atom stereocenters. The largest absolute Gasteiger partial charge is 0.379 e. The number of nitrogens with one attached hydrogen (secondary N) is 1. The van der Waals surface area contributed by atoms with Gasteiger partial charge in [0.15, 0.2) is 17.5 Å². The van der Waals surface area contributed by atoms with Crippen molar-refractivity contribution in [3.8, 4) is 0 Å². The molecule has 5 nitrogen and oxygen atoms in total. The highest BCUT2D eigenvalue weighted by atomic mass is 32.2. The van der Waals surface area contributed by atoms with Crippen LogP contribution in [-0.4, -0.2) is 52.2 Å². The van der Waals surface area contributed by atoms with E-state index in [0.717, 1.165) is 0 Å². The van der Waals surface area contributed by atoms with Crippen LogP contribution in [0.4, 0.5) is 13.2 Å². The summed E-state index contributed by atoms with van der Waals surface area (Å²) in [5.74, 6) is -4.95. The minimum atomic E-state index is -4.25. The van der Waals surface area contributed by atoms with E-state index in [-0.39, 0.29) is 12.6 Å². The Balaban J connectivity index is 2.06. The Kier molecular flexibility index (Phi) is 5.43. The lowest BCUT2D eigenvalue weighted by molar-refractivity contribution is 0.0213. The van der Waals surface area contributed by atoms with Crippen LogP contribution in [0, 0.1) is 17.5 Å². The molecule has 1 atom stereocenters. The summed E-state index contributed by atoms with van der Waals surface area (Å²) < 4.78 is 71.0. The van der Waals surface area contributed by atoms with E-state index in [1.165, 1.54) is 0 Å². The van der Waals surface area contributed by atoms with E-state index >= 15 is 0 Å². The molecule has 1 heterocycles. The summed E-state index contributed by atoms with van der Waals surface area (Å²) in [4.78, 5) is 1.12. The van der Waals surface area contributed by atoms with Crippen LogP contribution in [0.3, 0.4) is 0 Å². The normalized spacial score (nSPS) is 18.4. The van der Waals surface area contributed by atoms with Crippen molar-refractivity contribution in [2.45, 2.75) is 17.9 Å². The Hall–Kier alpha value is -1.16.